The highest BCUT2D eigenvalue weighted by Crippen LogP contribution is 2.27. The second-order valence-corrected chi connectivity index (χ2v) is 7.63. The standard InChI is InChI=1S/C14H19N5O2S/c1-10-8-12(14-15-5-6-16-14)18-13(17-10)11-4-3-7-19(9-11)22(2,20)21/h5-6,8,11H,3-4,7,9H2,1-2H3,(H,15,16). The Bertz CT molecular complexity index is 758. The molecular formula is C14H19N5O2S. The zero-order valence-corrected chi connectivity index (χ0v) is 13.5. The van der Waals surface area contributed by atoms with Gasteiger partial charge in [-0.2, -0.15) is 0 Å². The van der Waals surface area contributed by atoms with Crippen LogP contribution in [0.4, 0.5) is 0 Å². The largest absolute Gasteiger partial charge is 0.343 e. The van der Waals surface area contributed by atoms with E-state index in [1.807, 2.05) is 13.0 Å². The van der Waals surface area contributed by atoms with Gasteiger partial charge in [0.05, 0.1) is 6.26 Å². The van der Waals surface area contributed by atoms with Crippen LogP contribution >= 0.6 is 0 Å². The van der Waals surface area contributed by atoms with Crippen molar-refractivity contribution in [3.8, 4) is 11.5 Å². The summed E-state index contributed by atoms with van der Waals surface area (Å²) in [6, 6.07) is 1.87. The maximum atomic E-state index is 11.8. The Morgan fingerprint density at radius 3 is 2.86 bits per heavy atom. The minimum absolute atomic E-state index is 0.0251. The second kappa shape index (κ2) is 5.77. The van der Waals surface area contributed by atoms with Gasteiger partial charge in [-0.05, 0) is 25.8 Å². The second-order valence-electron chi connectivity index (χ2n) is 5.65. The summed E-state index contributed by atoms with van der Waals surface area (Å²) in [5.74, 6) is 1.42. The average molecular weight is 321 g/mol. The molecule has 0 amide bonds. The quantitative estimate of drug-likeness (QED) is 0.920. The molecule has 7 nitrogen and oxygen atoms in total. The van der Waals surface area contributed by atoms with E-state index in [2.05, 4.69) is 19.9 Å². The van der Waals surface area contributed by atoms with Crippen LogP contribution in [0.5, 0.6) is 0 Å². The third-order valence-corrected chi connectivity index (χ3v) is 5.10. The van der Waals surface area contributed by atoms with Gasteiger partial charge < -0.3 is 4.98 Å². The summed E-state index contributed by atoms with van der Waals surface area (Å²) in [4.78, 5) is 16.4. The lowest BCUT2D eigenvalue weighted by molar-refractivity contribution is 0.311. The number of sulfonamides is 1. The first-order valence-corrected chi connectivity index (χ1v) is 9.09. The third kappa shape index (κ3) is 3.17. The molecule has 1 fully saturated rings. The lowest BCUT2D eigenvalue weighted by Crippen LogP contribution is -2.38. The van der Waals surface area contributed by atoms with Crippen molar-refractivity contribution >= 4 is 10.0 Å². The number of piperidine rings is 1. The molecule has 1 saturated heterocycles. The molecule has 1 unspecified atom stereocenters. The van der Waals surface area contributed by atoms with Gasteiger partial charge in [0.15, 0.2) is 5.82 Å². The fourth-order valence-corrected chi connectivity index (χ4v) is 3.67. The highest BCUT2D eigenvalue weighted by Gasteiger charge is 2.28. The number of imidazole rings is 1. The van der Waals surface area contributed by atoms with Crippen LogP contribution in [0.15, 0.2) is 18.5 Å². The first-order valence-electron chi connectivity index (χ1n) is 7.24. The fraction of sp³-hybridized carbons (Fsp3) is 0.500. The number of hydrogen-bond donors (Lipinski definition) is 1. The summed E-state index contributed by atoms with van der Waals surface area (Å²) >= 11 is 0. The van der Waals surface area contributed by atoms with Crippen molar-refractivity contribution in [1.29, 1.82) is 0 Å². The van der Waals surface area contributed by atoms with Crippen molar-refractivity contribution in [2.24, 2.45) is 0 Å². The topological polar surface area (TPSA) is 91.8 Å². The first-order chi connectivity index (χ1) is 10.4. The monoisotopic (exact) mass is 321 g/mol. The molecule has 0 aromatic carbocycles. The average Bonchev–Trinajstić information content (AvgIpc) is 3.00. The number of aromatic amines is 1. The van der Waals surface area contributed by atoms with E-state index in [4.69, 9.17) is 0 Å². The molecule has 1 aliphatic heterocycles. The highest BCUT2D eigenvalue weighted by molar-refractivity contribution is 7.88. The molecule has 0 aliphatic carbocycles. The summed E-state index contributed by atoms with van der Waals surface area (Å²) in [5.41, 5.74) is 1.59. The number of hydrogen-bond acceptors (Lipinski definition) is 5. The van der Waals surface area contributed by atoms with E-state index in [1.54, 1.807) is 12.4 Å². The molecule has 0 spiro atoms. The molecule has 22 heavy (non-hydrogen) atoms. The van der Waals surface area contributed by atoms with E-state index in [-0.39, 0.29) is 5.92 Å². The lowest BCUT2D eigenvalue weighted by atomic mass is 9.98. The Labute approximate surface area is 129 Å². The summed E-state index contributed by atoms with van der Waals surface area (Å²) in [7, 11) is -3.17. The normalized spacial score (nSPS) is 20.2. The van der Waals surface area contributed by atoms with Gasteiger partial charge in [0, 0.05) is 37.1 Å². The fourth-order valence-electron chi connectivity index (χ4n) is 2.76. The van der Waals surface area contributed by atoms with Gasteiger partial charge in [-0.25, -0.2) is 27.7 Å². The van der Waals surface area contributed by atoms with Gasteiger partial charge in [0.2, 0.25) is 10.0 Å². The zero-order valence-electron chi connectivity index (χ0n) is 12.7. The highest BCUT2D eigenvalue weighted by atomic mass is 32.2. The molecule has 2 aromatic rings. The molecule has 8 heteroatoms. The Morgan fingerprint density at radius 1 is 1.36 bits per heavy atom. The summed E-state index contributed by atoms with van der Waals surface area (Å²) in [5, 5.41) is 0. The number of nitrogens with one attached hydrogen (secondary N) is 1. The number of aryl methyl sites for hydroxylation is 1. The summed E-state index contributed by atoms with van der Waals surface area (Å²) < 4.78 is 25.0. The SMILES string of the molecule is Cc1cc(-c2ncc[nH]2)nc(C2CCCN(S(C)(=O)=O)C2)n1. The van der Waals surface area contributed by atoms with Crippen LogP contribution in [0.25, 0.3) is 11.5 Å². The molecule has 1 aliphatic rings. The molecule has 1 atom stereocenters. The molecule has 118 valence electrons. The van der Waals surface area contributed by atoms with E-state index in [9.17, 15) is 8.42 Å². The molecule has 3 rings (SSSR count). The van der Waals surface area contributed by atoms with Crippen LogP contribution in [0, 0.1) is 6.92 Å². The van der Waals surface area contributed by atoms with Crippen molar-refractivity contribution in [3.05, 3.63) is 30.0 Å². The van der Waals surface area contributed by atoms with E-state index in [1.165, 1.54) is 10.6 Å². The van der Waals surface area contributed by atoms with Gasteiger partial charge in [0.1, 0.15) is 11.5 Å². The lowest BCUT2D eigenvalue weighted by Gasteiger charge is -2.30. The molecule has 0 saturated carbocycles. The number of nitrogens with zero attached hydrogens (tertiary/aromatic N) is 4. The Hall–Kier alpha value is -1.80. The molecule has 0 radical (unpaired) electrons. The smallest absolute Gasteiger partial charge is 0.211 e. The first kappa shape index (κ1) is 15.1. The predicted octanol–water partition coefficient (Wildman–Crippen LogP) is 1.31. The Kier molecular flexibility index (Phi) is 3.96. The molecule has 3 heterocycles. The minimum atomic E-state index is -3.17. The van der Waals surface area contributed by atoms with E-state index in [0.717, 1.165) is 24.2 Å². The van der Waals surface area contributed by atoms with Crippen molar-refractivity contribution < 1.29 is 8.42 Å². The van der Waals surface area contributed by atoms with Gasteiger partial charge in [-0.1, -0.05) is 0 Å². The molecular weight excluding hydrogens is 302 g/mol. The molecule has 1 N–H and O–H groups in total. The van der Waals surface area contributed by atoms with Crippen LogP contribution < -0.4 is 0 Å². The Balaban J connectivity index is 1.91. The number of rotatable bonds is 3. The van der Waals surface area contributed by atoms with Gasteiger partial charge in [-0.15, -0.1) is 0 Å². The van der Waals surface area contributed by atoms with Gasteiger partial charge in [0.25, 0.3) is 0 Å². The zero-order chi connectivity index (χ0) is 15.7. The van der Waals surface area contributed by atoms with Crippen LogP contribution in [-0.4, -0.2) is 52.0 Å². The van der Waals surface area contributed by atoms with Crippen molar-refractivity contribution in [3.63, 3.8) is 0 Å². The summed E-state index contributed by atoms with van der Waals surface area (Å²) in [6.45, 7) is 2.93. The summed E-state index contributed by atoms with van der Waals surface area (Å²) in [6.07, 6.45) is 6.40. The van der Waals surface area contributed by atoms with E-state index in [0.29, 0.717) is 24.7 Å². The van der Waals surface area contributed by atoms with Crippen molar-refractivity contribution in [1.82, 2.24) is 24.2 Å². The maximum Gasteiger partial charge on any atom is 0.211 e. The molecule has 2 aromatic heterocycles. The number of aromatic nitrogens is 4. The molecule has 0 bridgehead atoms. The van der Waals surface area contributed by atoms with Gasteiger partial charge in [-0.3, -0.25) is 0 Å². The van der Waals surface area contributed by atoms with Gasteiger partial charge >= 0.3 is 0 Å². The van der Waals surface area contributed by atoms with Crippen molar-refractivity contribution in [2.45, 2.75) is 25.7 Å². The van der Waals surface area contributed by atoms with E-state index < -0.39 is 10.0 Å². The third-order valence-electron chi connectivity index (χ3n) is 3.83. The van der Waals surface area contributed by atoms with Crippen molar-refractivity contribution in [2.75, 3.05) is 19.3 Å². The van der Waals surface area contributed by atoms with Crippen LogP contribution in [0.2, 0.25) is 0 Å². The van der Waals surface area contributed by atoms with E-state index >= 15 is 0 Å². The minimum Gasteiger partial charge on any atom is -0.343 e. The van der Waals surface area contributed by atoms with Crippen LogP contribution in [-0.2, 0) is 10.0 Å². The van der Waals surface area contributed by atoms with Crippen LogP contribution in [0.3, 0.4) is 0 Å². The number of H-pyrrole nitrogens is 1. The predicted molar refractivity (Wildman–Crippen MR) is 82.7 cm³/mol. The Morgan fingerprint density at radius 2 is 2.18 bits per heavy atom. The maximum absolute atomic E-state index is 11.8. The van der Waals surface area contributed by atoms with Crippen LogP contribution in [0.1, 0.15) is 30.3 Å².